The molecule has 0 heterocycles. The number of carboxylic acid groups (broad SMARTS) is 1. The van der Waals surface area contributed by atoms with E-state index >= 15 is 0 Å². The lowest BCUT2D eigenvalue weighted by molar-refractivity contribution is -0.134. The van der Waals surface area contributed by atoms with Crippen molar-refractivity contribution in [1.29, 1.82) is 0 Å². The Morgan fingerprint density at radius 1 is 1.36 bits per heavy atom. The van der Waals surface area contributed by atoms with Crippen LogP contribution in [0.5, 0.6) is 0 Å². The van der Waals surface area contributed by atoms with Crippen LogP contribution in [-0.4, -0.2) is 11.1 Å². The lowest BCUT2D eigenvalue weighted by Gasteiger charge is -2.02. The van der Waals surface area contributed by atoms with Crippen molar-refractivity contribution in [2.75, 3.05) is 0 Å². The smallest absolute Gasteiger partial charge is 0.365 e. The largest absolute Gasteiger partial charge is 0.476 e. The number of halogens is 2. The van der Waals surface area contributed by atoms with Crippen LogP contribution in [0.15, 0.2) is 30.1 Å². The Balaban J connectivity index is 3.25. The van der Waals surface area contributed by atoms with E-state index in [2.05, 4.69) is 0 Å². The molecule has 14 heavy (non-hydrogen) atoms. The van der Waals surface area contributed by atoms with E-state index in [0.29, 0.717) is 0 Å². The summed E-state index contributed by atoms with van der Waals surface area (Å²) in [4.78, 5) is 10.3. The van der Waals surface area contributed by atoms with Gasteiger partial charge in [-0.1, -0.05) is 18.2 Å². The number of carboxylic acids is 1. The van der Waals surface area contributed by atoms with Crippen molar-refractivity contribution in [2.45, 2.75) is 6.92 Å². The van der Waals surface area contributed by atoms with E-state index in [1.807, 2.05) is 0 Å². The van der Waals surface area contributed by atoms with Gasteiger partial charge in [0.05, 0.1) is 0 Å². The maximum atomic E-state index is 13.1. The van der Waals surface area contributed by atoms with Crippen molar-refractivity contribution in [1.82, 2.24) is 0 Å². The highest BCUT2D eigenvalue weighted by molar-refractivity contribution is 5.93. The molecule has 0 spiro atoms. The van der Waals surface area contributed by atoms with Crippen molar-refractivity contribution in [3.05, 3.63) is 41.5 Å². The third-order valence-electron chi connectivity index (χ3n) is 1.79. The molecule has 0 saturated heterocycles. The van der Waals surface area contributed by atoms with Crippen LogP contribution in [0, 0.1) is 5.82 Å². The Hall–Kier alpha value is -1.71. The van der Waals surface area contributed by atoms with Crippen molar-refractivity contribution in [3.8, 4) is 0 Å². The minimum Gasteiger partial charge on any atom is -0.476 e. The van der Waals surface area contributed by atoms with Crippen molar-refractivity contribution in [3.63, 3.8) is 0 Å². The molecule has 74 valence electrons. The zero-order valence-corrected chi connectivity index (χ0v) is 7.42. The molecule has 0 bridgehead atoms. The molecule has 0 aliphatic carbocycles. The van der Waals surface area contributed by atoms with Crippen LogP contribution in [0.25, 0.3) is 5.57 Å². The molecule has 0 atom stereocenters. The topological polar surface area (TPSA) is 37.3 Å². The SMILES string of the molecule is C/C(=C(/F)C(=O)O)c1ccccc1F. The van der Waals surface area contributed by atoms with Crippen LogP contribution < -0.4 is 0 Å². The first-order valence-electron chi connectivity index (χ1n) is 3.88. The molecule has 1 aromatic carbocycles. The van der Waals surface area contributed by atoms with Gasteiger partial charge in [-0.05, 0) is 13.0 Å². The molecule has 4 heteroatoms. The minimum absolute atomic E-state index is 0.0348. The summed E-state index contributed by atoms with van der Waals surface area (Å²) < 4.78 is 26.0. The monoisotopic (exact) mass is 198 g/mol. The zero-order valence-electron chi connectivity index (χ0n) is 7.42. The number of rotatable bonds is 2. The van der Waals surface area contributed by atoms with Crippen LogP contribution in [0.4, 0.5) is 8.78 Å². The average molecular weight is 198 g/mol. The van der Waals surface area contributed by atoms with Gasteiger partial charge in [0.2, 0.25) is 5.83 Å². The van der Waals surface area contributed by atoms with Crippen LogP contribution in [-0.2, 0) is 4.79 Å². The number of hydrogen-bond donors (Lipinski definition) is 1. The molecule has 0 amide bonds. The fourth-order valence-corrected chi connectivity index (χ4v) is 1.04. The number of benzene rings is 1. The lowest BCUT2D eigenvalue weighted by atomic mass is 10.1. The van der Waals surface area contributed by atoms with E-state index < -0.39 is 17.6 Å². The summed E-state index contributed by atoms with van der Waals surface area (Å²) in [5.41, 5.74) is -0.247. The molecule has 0 aromatic heterocycles. The first-order chi connectivity index (χ1) is 6.54. The summed E-state index contributed by atoms with van der Waals surface area (Å²) in [6.45, 7) is 1.22. The summed E-state index contributed by atoms with van der Waals surface area (Å²) in [5, 5.41) is 8.35. The van der Waals surface area contributed by atoms with Crippen LogP contribution in [0.2, 0.25) is 0 Å². The lowest BCUT2D eigenvalue weighted by Crippen LogP contribution is -1.99. The Bertz CT molecular complexity index is 397. The second-order valence-electron chi connectivity index (χ2n) is 2.72. The highest BCUT2D eigenvalue weighted by atomic mass is 19.1. The summed E-state index contributed by atoms with van der Waals surface area (Å²) in [6, 6.07) is 5.43. The first kappa shape index (κ1) is 10.4. The van der Waals surface area contributed by atoms with Gasteiger partial charge in [-0.25, -0.2) is 9.18 Å². The van der Waals surface area contributed by atoms with Gasteiger partial charge in [-0.2, -0.15) is 4.39 Å². The maximum Gasteiger partial charge on any atom is 0.365 e. The quantitative estimate of drug-likeness (QED) is 0.741. The molecule has 0 aliphatic rings. The molecular weight excluding hydrogens is 190 g/mol. The normalized spacial score (nSPS) is 12.2. The third-order valence-corrected chi connectivity index (χ3v) is 1.79. The molecular formula is C10H8F2O2. The first-order valence-corrected chi connectivity index (χ1v) is 3.88. The second-order valence-corrected chi connectivity index (χ2v) is 2.72. The summed E-state index contributed by atoms with van der Waals surface area (Å²) in [7, 11) is 0. The van der Waals surface area contributed by atoms with E-state index in [-0.39, 0.29) is 11.1 Å². The summed E-state index contributed by atoms with van der Waals surface area (Å²) in [6.07, 6.45) is 0. The Labute approximate surface area is 79.5 Å². The van der Waals surface area contributed by atoms with Gasteiger partial charge in [0.1, 0.15) is 5.82 Å². The molecule has 1 N–H and O–H groups in total. The Morgan fingerprint density at radius 3 is 2.43 bits per heavy atom. The minimum atomic E-state index is -1.69. The summed E-state index contributed by atoms with van der Waals surface area (Å²) >= 11 is 0. The molecule has 0 radical (unpaired) electrons. The van der Waals surface area contributed by atoms with Crippen LogP contribution in [0.3, 0.4) is 0 Å². The van der Waals surface area contributed by atoms with Crippen LogP contribution >= 0.6 is 0 Å². The van der Waals surface area contributed by atoms with Gasteiger partial charge in [0, 0.05) is 11.1 Å². The zero-order chi connectivity index (χ0) is 10.7. The number of hydrogen-bond acceptors (Lipinski definition) is 1. The van der Waals surface area contributed by atoms with Gasteiger partial charge >= 0.3 is 5.97 Å². The van der Waals surface area contributed by atoms with Crippen molar-refractivity contribution in [2.24, 2.45) is 0 Å². The molecule has 0 fully saturated rings. The van der Waals surface area contributed by atoms with Gasteiger partial charge in [0.15, 0.2) is 0 Å². The maximum absolute atomic E-state index is 13.1. The van der Waals surface area contributed by atoms with E-state index in [9.17, 15) is 13.6 Å². The predicted octanol–water partition coefficient (Wildman–Crippen LogP) is 2.61. The van der Waals surface area contributed by atoms with Crippen LogP contribution in [0.1, 0.15) is 12.5 Å². The van der Waals surface area contributed by atoms with E-state index in [1.54, 1.807) is 0 Å². The highest BCUT2D eigenvalue weighted by Crippen LogP contribution is 2.21. The fraction of sp³-hybridized carbons (Fsp3) is 0.100. The molecule has 0 unspecified atom stereocenters. The molecule has 0 saturated carbocycles. The summed E-state index contributed by atoms with van der Waals surface area (Å²) in [5.74, 6) is -3.66. The van der Waals surface area contributed by atoms with E-state index in [4.69, 9.17) is 5.11 Å². The van der Waals surface area contributed by atoms with Gasteiger partial charge < -0.3 is 5.11 Å². The van der Waals surface area contributed by atoms with Gasteiger partial charge in [-0.15, -0.1) is 0 Å². The fourth-order valence-electron chi connectivity index (χ4n) is 1.04. The second kappa shape index (κ2) is 4.00. The highest BCUT2D eigenvalue weighted by Gasteiger charge is 2.13. The van der Waals surface area contributed by atoms with Gasteiger partial charge in [-0.3, -0.25) is 0 Å². The standard InChI is InChI=1S/C10H8F2O2/c1-6(9(12)10(13)14)7-4-2-3-5-8(7)11/h2-5H,1H3,(H,13,14)/b9-6-. The van der Waals surface area contributed by atoms with Crippen molar-refractivity contribution < 1.29 is 18.7 Å². The van der Waals surface area contributed by atoms with Gasteiger partial charge in [0.25, 0.3) is 0 Å². The van der Waals surface area contributed by atoms with E-state index in [1.165, 1.54) is 25.1 Å². The molecule has 0 aliphatic heterocycles. The molecule has 1 rings (SSSR count). The molecule has 2 nitrogen and oxygen atoms in total. The third kappa shape index (κ3) is 1.96. The number of carbonyl (C=O) groups is 1. The average Bonchev–Trinajstić information content (AvgIpc) is 2.16. The Morgan fingerprint density at radius 2 is 1.93 bits per heavy atom. The Kier molecular flexibility index (Phi) is 2.96. The molecule has 1 aromatic rings. The number of aliphatic carboxylic acids is 1. The number of allylic oxidation sites excluding steroid dienone is 1. The van der Waals surface area contributed by atoms with Crippen molar-refractivity contribution >= 4 is 11.5 Å². The van der Waals surface area contributed by atoms with E-state index in [0.717, 1.165) is 6.07 Å². The predicted molar refractivity (Wildman–Crippen MR) is 47.7 cm³/mol.